The van der Waals surface area contributed by atoms with E-state index in [2.05, 4.69) is 29.2 Å². The topological polar surface area (TPSA) is 45.8 Å². The van der Waals surface area contributed by atoms with Crippen molar-refractivity contribution in [2.45, 2.75) is 25.7 Å². The van der Waals surface area contributed by atoms with Crippen LogP contribution in [0.4, 0.5) is 0 Å². The molecule has 4 heteroatoms. The first-order valence-electron chi connectivity index (χ1n) is 7.38. The predicted molar refractivity (Wildman–Crippen MR) is 79.8 cm³/mol. The molecule has 0 saturated heterocycles. The molecule has 0 fully saturated rings. The molecule has 3 rings (SSSR count). The van der Waals surface area contributed by atoms with Gasteiger partial charge in [0.1, 0.15) is 12.4 Å². The maximum absolute atomic E-state index is 10.1. The molecule has 2 heterocycles. The molecule has 0 spiro atoms. The van der Waals surface area contributed by atoms with E-state index in [-0.39, 0.29) is 0 Å². The third-order valence-corrected chi connectivity index (χ3v) is 3.81. The van der Waals surface area contributed by atoms with Crippen LogP contribution in [0.2, 0.25) is 0 Å². The van der Waals surface area contributed by atoms with E-state index in [4.69, 9.17) is 9.15 Å². The summed E-state index contributed by atoms with van der Waals surface area (Å²) in [5.74, 6) is 0.786. The number of hydrogen-bond donors (Lipinski definition) is 1. The number of rotatable bonds is 6. The Morgan fingerprint density at radius 3 is 2.86 bits per heavy atom. The highest BCUT2D eigenvalue weighted by molar-refractivity contribution is 5.29. The van der Waals surface area contributed by atoms with Crippen molar-refractivity contribution in [3.05, 3.63) is 59.5 Å². The van der Waals surface area contributed by atoms with E-state index < -0.39 is 6.10 Å². The lowest BCUT2D eigenvalue weighted by Gasteiger charge is -2.30. The minimum absolute atomic E-state index is 0.332. The highest BCUT2D eigenvalue weighted by Gasteiger charge is 2.18. The van der Waals surface area contributed by atoms with E-state index in [0.29, 0.717) is 19.8 Å². The summed E-state index contributed by atoms with van der Waals surface area (Å²) in [4.78, 5) is 2.28. The number of aliphatic hydroxyl groups is 1. The molecule has 1 aliphatic heterocycles. The largest absolute Gasteiger partial charge is 0.467 e. The van der Waals surface area contributed by atoms with Gasteiger partial charge in [-0.1, -0.05) is 24.3 Å². The van der Waals surface area contributed by atoms with Gasteiger partial charge in [-0.05, 0) is 29.7 Å². The van der Waals surface area contributed by atoms with E-state index in [9.17, 15) is 5.11 Å². The van der Waals surface area contributed by atoms with Gasteiger partial charge in [0.15, 0.2) is 0 Å². The maximum Gasteiger partial charge on any atom is 0.129 e. The van der Waals surface area contributed by atoms with Crippen molar-refractivity contribution in [3.8, 4) is 0 Å². The molecule has 1 atom stereocenters. The average molecular weight is 287 g/mol. The molecule has 0 amide bonds. The van der Waals surface area contributed by atoms with Gasteiger partial charge in [0.05, 0.1) is 19.0 Å². The van der Waals surface area contributed by atoms with Crippen LogP contribution in [-0.4, -0.2) is 35.8 Å². The first kappa shape index (κ1) is 14.3. The molecular weight excluding hydrogens is 266 g/mol. The molecule has 1 aromatic carbocycles. The molecule has 1 aliphatic rings. The summed E-state index contributed by atoms with van der Waals surface area (Å²) in [7, 11) is 0. The lowest BCUT2D eigenvalue weighted by molar-refractivity contribution is 0.00311. The Kier molecular flexibility index (Phi) is 4.70. The van der Waals surface area contributed by atoms with Crippen molar-refractivity contribution in [3.63, 3.8) is 0 Å². The van der Waals surface area contributed by atoms with Crippen molar-refractivity contribution in [2.75, 3.05) is 19.7 Å². The second kappa shape index (κ2) is 6.89. The Morgan fingerprint density at radius 1 is 1.19 bits per heavy atom. The zero-order valence-electron chi connectivity index (χ0n) is 12.1. The van der Waals surface area contributed by atoms with Gasteiger partial charge < -0.3 is 14.3 Å². The zero-order valence-corrected chi connectivity index (χ0v) is 12.1. The molecule has 1 aromatic heterocycles. The zero-order chi connectivity index (χ0) is 14.5. The molecular formula is C17H21NO3. The molecule has 0 aliphatic carbocycles. The smallest absolute Gasteiger partial charge is 0.129 e. The van der Waals surface area contributed by atoms with Crippen LogP contribution < -0.4 is 0 Å². The first-order chi connectivity index (χ1) is 10.3. The normalized spacial score (nSPS) is 16.6. The van der Waals surface area contributed by atoms with Crippen LogP contribution in [-0.2, 0) is 24.3 Å². The number of benzene rings is 1. The summed E-state index contributed by atoms with van der Waals surface area (Å²) in [6.45, 7) is 3.29. The fourth-order valence-corrected chi connectivity index (χ4v) is 2.75. The highest BCUT2D eigenvalue weighted by atomic mass is 16.5. The number of aliphatic hydroxyl groups excluding tert-OH is 1. The lowest BCUT2D eigenvalue weighted by Crippen LogP contribution is -2.38. The summed E-state index contributed by atoms with van der Waals surface area (Å²) < 4.78 is 10.7. The molecule has 1 unspecified atom stereocenters. The average Bonchev–Trinajstić information content (AvgIpc) is 3.00. The van der Waals surface area contributed by atoms with Crippen molar-refractivity contribution < 1.29 is 14.3 Å². The van der Waals surface area contributed by atoms with E-state index in [1.54, 1.807) is 6.26 Å². The number of nitrogens with zero attached hydrogens (tertiary/aromatic N) is 1. The number of β-amino-alcohol motifs (C(OH)–C–C–N with tert-alkyl or cyclic N) is 1. The molecule has 1 N–H and O–H groups in total. The van der Waals surface area contributed by atoms with Crippen LogP contribution >= 0.6 is 0 Å². The molecule has 112 valence electrons. The van der Waals surface area contributed by atoms with Crippen molar-refractivity contribution >= 4 is 0 Å². The monoisotopic (exact) mass is 287 g/mol. The van der Waals surface area contributed by atoms with Crippen LogP contribution in [0.25, 0.3) is 0 Å². The summed E-state index contributed by atoms with van der Waals surface area (Å²) in [5.41, 5.74) is 2.80. The van der Waals surface area contributed by atoms with Gasteiger partial charge in [0.25, 0.3) is 0 Å². The molecule has 0 saturated carbocycles. The number of hydrogen-bond acceptors (Lipinski definition) is 4. The Bertz CT molecular complexity index is 553. The molecule has 2 aromatic rings. The van der Waals surface area contributed by atoms with E-state index in [1.165, 1.54) is 11.1 Å². The third kappa shape index (κ3) is 3.94. The standard InChI is InChI=1S/C17H21NO3/c19-16(12-20-13-17-6-3-9-21-17)11-18-8-7-14-4-1-2-5-15(14)10-18/h1-6,9,16,19H,7-8,10-13H2. The minimum Gasteiger partial charge on any atom is -0.467 e. The Morgan fingerprint density at radius 2 is 2.05 bits per heavy atom. The second-order valence-electron chi connectivity index (χ2n) is 5.50. The number of ether oxygens (including phenoxy) is 1. The quantitative estimate of drug-likeness (QED) is 0.885. The lowest BCUT2D eigenvalue weighted by atomic mass is 10.00. The maximum atomic E-state index is 10.1. The van der Waals surface area contributed by atoms with Gasteiger partial charge in [-0.25, -0.2) is 0 Å². The Hall–Kier alpha value is -1.62. The van der Waals surface area contributed by atoms with Gasteiger partial charge in [-0.2, -0.15) is 0 Å². The van der Waals surface area contributed by atoms with Gasteiger partial charge >= 0.3 is 0 Å². The summed E-state index contributed by atoms with van der Waals surface area (Å²) >= 11 is 0. The molecule has 0 radical (unpaired) electrons. The summed E-state index contributed by atoms with van der Waals surface area (Å²) in [6.07, 6.45) is 2.21. The van der Waals surface area contributed by atoms with Crippen LogP contribution in [0.1, 0.15) is 16.9 Å². The van der Waals surface area contributed by atoms with E-state index in [0.717, 1.165) is 25.3 Å². The van der Waals surface area contributed by atoms with E-state index >= 15 is 0 Å². The van der Waals surface area contributed by atoms with Crippen LogP contribution in [0.3, 0.4) is 0 Å². The summed E-state index contributed by atoms with van der Waals surface area (Å²) in [6, 6.07) is 12.2. The molecule has 4 nitrogen and oxygen atoms in total. The van der Waals surface area contributed by atoms with Crippen molar-refractivity contribution in [2.24, 2.45) is 0 Å². The predicted octanol–water partition coefficient (Wildman–Crippen LogP) is 2.22. The van der Waals surface area contributed by atoms with Crippen LogP contribution in [0, 0.1) is 0 Å². The fourth-order valence-electron chi connectivity index (χ4n) is 2.75. The van der Waals surface area contributed by atoms with Gasteiger partial charge in [0, 0.05) is 19.6 Å². The summed E-state index contributed by atoms with van der Waals surface area (Å²) in [5, 5.41) is 10.1. The Labute approximate surface area is 124 Å². The highest BCUT2D eigenvalue weighted by Crippen LogP contribution is 2.18. The SMILES string of the molecule is OC(COCc1ccco1)CN1CCc2ccccc2C1. The number of furan rings is 1. The van der Waals surface area contributed by atoms with E-state index in [1.807, 2.05) is 12.1 Å². The van der Waals surface area contributed by atoms with Gasteiger partial charge in [-0.3, -0.25) is 4.90 Å². The van der Waals surface area contributed by atoms with Crippen molar-refractivity contribution in [1.29, 1.82) is 0 Å². The molecule has 21 heavy (non-hydrogen) atoms. The minimum atomic E-state index is -0.467. The van der Waals surface area contributed by atoms with Crippen LogP contribution in [0.15, 0.2) is 47.1 Å². The van der Waals surface area contributed by atoms with Gasteiger partial charge in [0.2, 0.25) is 0 Å². The number of fused-ring (bicyclic) bond motifs is 1. The fraction of sp³-hybridized carbons (Fsp3) is 0.412. The Balaban J connectivity index is 1.42. The van der Waals surface area contributed by atoms with Crippen molar-refractivity contribution in [1.82, 2.24) is 4.90 Å². The second-order valence-corrected chi connectivity index (χ2v) is 5.50. The first-order valence-corrected chi connectivity index (χ1v) is 7.38. The van der Waals surface area contributed by atoms with Crippen LogP contribution in [0.5, 0.6) is 0 Å². The molecule has 0 bridgehead atoms. The third-order valence-electron chi connectivity index (χ3n) is 3.81. The van der Waals surface area contributed by atoms with Gasteiger partial charge in [-0.15, -0.1) is 0 Å².